The number of oxazole rings is 1. The number of amides is 1. The molecule has 4 heterocycles. The maximum absolute atomic E-state index is 13.2. The smallest absolute Gasteiger partial charge is 0.255 e. The molecule has 0 saturated carbocycles. The molecule has 1 fully saturated rings. The number of carbonyl (C=O) groups excluding carboxylic acids is 1. The minimum Gasteiger partial charge on any atom is -0.445 e. The Hall–Kier alpha value is -3.74. The van der Waals surface area contributed by atoms with Gasteiger partial charge in [0.1, 0.15) is 17.4 Å². The van der Waals surface area contributed by atoms with E-state index in [1.54, 1.807) is 12.4 Å². The monoisotopic (exact) mass is 441 g/mol. The number of imidazole rings is 1. The molecule has 33 heavy (non-hydrogen) atoms. The minimum absolute atomic E-state index is 0.00355. The van der Waals surface area contributed by atoms with Crippen LogP contribution in [0.4, 0.5) is 0 Å². The molecule has 7 heteroatoms. The Labute approximate surface area is 193 Å². The van der Waals surface area contributed by atoms with Crippen LogP contribution in [0.1, 0.15) is 59.1 Å². The zero-order valence-electron chi connectivity index (χ0n) is 18.7. The lowest BCUT2D eigenvalue weighted by Crippen LogP contribution is -2.39. The van der Waals surface area contributed by atoms with Crippen molar-refractivity contribution in [3.63, 3.8) is 0 Å². The highest BCUT2D eigenvalue weighted by atomic mass is 16.4. The van der Waals surface area contributed by atoms with Crippen LogP contribution in [0.2, 0.25) is 0 Å². The van der Waals surface area contributed by atoms with Crippen LogP contribution in [-0.2, 0) is 12.8 Å². The number of hydrogen-bond acceptors (Lipinski definition) is 5. The Morgan fingerprint density at radius 3 is 2.76 bits per heavy atom. The van der Waals surface area contributed by atoms with Crippen molar-refractivity contribution in [3.8, 4) is 5.82 Å². The van der Waals surface area contributed by atoms with Crippen LogP contribution < -0.4 is 0 Å². The van der Waals surface area contributed by atoms with Crippen molar-refractivity contribution < 1.29 is 9.21 Å². The van der Waals surface area contributed by atoms with Gasteiger partial charge in [-0.05, 0) is 30.5 Å². The molecule has 3 aromatic heterocycles. The SMILES string of the molecule is CCc1nccn1-c1ccc(C(=O)N2CCC[C@H](c3ncc(Cc4ccccc4)o3)C2)cn1. The normalized spacial score (nSPS) is 16.2. The van der Waals surface area contributed by atoms with Crippen molar-refractivity contribution >= 4 is 5.91 Å². The van der Waals surface area contributed by atoms with Gasteiger partial charge in [-0.3, -0.25) is 9.36 Å². The highest BCUT2D eigenvalue weighted by Gasteiger charge is 2.28. The third-order valence-electron chi connectivity index (χ3n) is 6.13. The molecule has 5 rings (SSSR count). The fourth-order valence-electron chi connectivity index (χ4n) is 4.40. The number of rotatable bonds is 6. The molecule has 1 atom stereocenters. The Balaban J connectivity index is 1.26. The summed E-state index contributed by atoms with van der Waals surface area (Å²) in [6, 6.07) is 13.9. The Bertz CT molecular complexity index is 1210. The van der Waals surface area contributed by atoms with Crippen molar-refractivity contribution in [3.05, 3.63) is 95.9 Å². The molecule has 1 aliphatic rings. The summed E-state index contributed by atoms with van der Waals surface area (Å²) in [4.78, 5) is 28.4. The third-order valence-corrected chi connectivity index (χ3v) is 6.13. The Morgan fingerprint density at radius 2 is 1.97 bits per heavy atom. The maximum Gasteiger partial charge on any atom is 0.255 e. The number of likely N-dealkylation sites (tertiary alicyclic amines) is 1. The average molecular weight is 442 g/mol. The molecular weight excluding hydrogens is 414 g/mol. The van der Waals surface area contributed by atoms with E-state index in [0.29, 0.717) is 12.1 Å². The van der Waals surface area contributed by atoms with Gasteiger partial charge in [0.15, 0.2) is 5.89 Å². The second-order valence-electron chi connectivity index (χ2n) is 8.39. The molecule has 0 bridgehead atoms. The van der Waals surface area contributed by atoms with Gasteiger partial charge in [-0.25, -0.2) is 15.0 Å². The van der Waals surface area contributed by atoms with E-state index < -0.39 is 0 Å². The van der Waals surface area contributed by atoms with Gasteiger partial charge < -0.3 is 9.32 Å². The van der Waals surface area contributed by atoms with E-state index in [2.05, 4.69) is 34.0 Å². The summed E-state index contributed by atoms with van der Waals surface area (Å²) >= 11 is 0. The van der Waals surface area contributed by atoms with E-state index in [4.69, 9.17) is 4.42 Å². The number of pyridine rings is 1. The number of carbonyl (C=O) groups is 1. The fourth-order valence-corrected chi connectivity index (χ4v) is 4.40. The second-order valence-corrected chi connectivity index (χ2v) is 8.39. The van der Waals surface area contributed by atoms with Crippen LogP contribution in [0.3, 0.4) is 0 Å². The van der Waals surface area contributed by atoms with Gasteiger partial charge in [-0.15, -0.1) is 0 Å². The molecule has 1 amide bonds. The Morgan fingerprint density at radius 1 is 1.09 bits per heavy atom. The summed E-state index contributed by atoms with van der Waals surface area (Å²) in [7, 11) is 0. The molecule has 1 aliphatic heterocycles. The number of piperidine rings is 1. The van der Waals surface area contributed by atoms with Gasteiger partial charge in [-0.2, -0.15) is 0 Å². The lowest BCUT2D eigenvalue weighted by Gasteiger charge is -2.31. The first-order valence-electron chi connectivity index (χ1n) is 11.5. The molecule has 1 aromatic carbocycles. The van der Waals surface area contributed by atoms with E-state index in [9.17, 15) is 4.79 Å². The van der Waals surface area contributed by atoms with E-state index in [-0.39, 0.29) is 11.8 Å². The molecule has 0 unspecified atom stereocenters. The number of nitrogens with zero attached hydrogens (tertiary/aromatic N) is 5. The summed E-state index contributed by atoms with van der Waals surface area (Å²) in [6.45, 7) is 3.39. The quantitative estimate of drug-likeness (QED) is 0.442. The standard InChI is InChI=1S/C26H27N5O2/c1-2-23-27-12-14-31(23)24-11-10-20(16-28-24)26(32)30-13-6-9-21(18-30)25-29-17-22(33-25)15-19-7-4-3-5-8-19/h3-5,7-8,10-12,14,16-17,21H,2,6,9,13,15,18H2,1H3/t21-/m0/s1. The lowest BCUT2D eigenvalue weighted by atomic mass is 9.97. The summed E-state index contributed by atoms with van der Waals surface area (Å²) < 4.78 is 8.01. The number of benzene rings is 1. The van der Waals surface area contributed by atoms with Crippen LogP contribution in [-0.4, -0.2) is 43.4 Å². The molecule has 168 valence electrons. The lowest BCUT2D eigenvalue weighted by molar-refractivity contribution is 0.0697. The molecule has 0 spiro atoms. The molecular formula is C26H27N5O2. The third kappa shape index (κ3) is 4.58. The van der Waals surface area contributed by atoms with Crippen LogP contribution >= 0.6 is 0 Å². The van der Waals surface area contributed by atoms with E-state index in [0.717, 1.165) is 55.5 Å². The Kier molecular flexibility index (Phi) is 6.02. The van der Waals surface area contributed by atoms with Gasteiger partial charge in [0.25, 0.3) is 5.91 Å². The van der Waals surface area contributed by atoms with Crippen LogP contribution in [0.25, 0.3) is 5.82 Å². The van der Waals surface area contributed by atoms with Gasteiger partial charge in [-0.1, -0.05) is 37.3 Å². The minimum atomic E-state index is -0.00355. The first-order chi connectivity index (χ1) is 16.2. The molecule has 0 aliphatic carbocycles. The topological polar surface area (TPSA) is 77.0 Å². The van der Waals surface area contributed by atoms with Gasteiger partial charge >= 0.3 is 0 Å². The zero-order valence-corrected chi connectivity index (χ0v) is 18.7. The van der Waals surface area contributed by atoms with Crippen molar-refractivity contribution in [2.24, 2.45) is 0 Å². The van der Waals surface area contributed by atoms with Crippen molar-refractivity contribution in [1.29, 1.82) is 0 Å². The summed E-state index contributed by atoms with van der Waals surface area (Å²) in [5, 5.41) is 0. The van der Waals surface area contributed by atoms with Gasteiger partial charge in [0.05, 0.1) is 17.7 Å². The molecule has 4 aromatic rings. The van der Waals surface area contributed by atoms with Crippen LogP contribution in [0.5, 0.6) is 0 Å². The summed E-state index contributed by atoms with van der Waals surface area (Å²) in [5.74, 6) is 3.39. The highest BCUT2D eigenvalue weighted by Crippen LogP contribution is 2.28. The molecule has 7 nitrogen and oxygen atoms in total. The number of aryl methyl sites for hydroxylation is 1. The maximum atomic E-state index is 13.2. The summed E-state index contributed by atoms with van der Waals surface area (Å²) in [6.07, 6.45) is 10.5. The summed E-state index contributed by atoms with van der Waals surface area (Å²) in [5.41, 5.74) is 1.79. The number of hydrogen-bond donors (Lipinski definition) is 0. The predicted molar refractivity (Wildman–Crippen MR) is 124 cm³/mol. The first kappa shape index (κ1) is 21.1. The number of aromatic nitrogens is 4. The molecule has 0 radical (unpaired) electrons. The van der Waals surface area contributed by atoms with Crippen LogP contribution in [0, 0.1) is 0 Å². The van der Waals surface area contributed by atoms with Crippen molar-refractivity contribution in [2.75, 3.05) is 13.1 Å². The second kappa shape index (κ2) is 9.40. The average Bonchev–Trinajstić information content (AvgIpc) is 3.54. The fraction of sp³-hybridized carbons (Fsp3) is 0.308. The molecule has 0 N–H and O–H groups in total. The van der Waals surface area contributed by atoms with E-state index in [1.165, 1.54) is 5.56 Å². The first-order valence-corrected chi connectivity index (χ1v) is 11.5. The van der Waals surface area contributed by atoms with Crippen LogP contribution in [0.15, 0.2) is 71.7 Å². The zero-order chi connectivity index (χ0) is 22.6. The van der Waals surface area contributed by atoms with E-state index >= 15 is 0 Å². The van der Waals surface area contributed by atoms with Crippen molar-refractivity contribution in [2.45, 2.75) is 38.5 Å². The van der Waals surface area contributed by atoms with Gasteiger partial charge in [0.2, 0.25) is 0 Å². The van der Waals surface area contributed by atoms with E-state index in [1.807, 2.05) is 52.2 Å². The van der Waals surface area contributed by atoms with Gasteiger partial charge in [0, 0.05) is 44.5 Å². The molecule has 1 saturated heterocycles. The predicted octanol–water partition coefficient (Wildman–Crippen LogP) is 4.43. The van der Waals surface area contributed by atoms with Crippen molar-refractivity contribution in [1.82, 2.24) is 24.4 Å². The highest BCUT2D eigenvalue weighted by molar-refractivity contribution is 5.94. The largest absolute Gasteiger partial charge is 0.445 e.